The molecule has 0 aromatic rings. The van der Waals surface area contributed by atoms with E-state index in [4.69, 9.17) is 0 Å². The molecule has 0 spiro atoms. The normalized spacial score (nSPS) is 33.0. The average molecular weight is 208 g/mol. The third kappa shape index (κ3) is 5.58. The topological polar surface area (TPSA) is 0 Å². The molecular weight excluding hydrogens is 180 g/mol. The second-order valence-corrected chi connectivity index (χ2v) is 5.55. The zero-order valence-electron chi connectivity index (χ0n) is 10.8. The average Bonchev–Trinajstić information content (AvgIpc) is 2.25. The molecule has 2 fully saturated rings. The quantitative estimate of drug-likeness (QED) is 0.522. The standard InChI is InChI=1S/C8H15.C7H13/c1-7-5-3-4-6-8(7)2;1-7-5-3-2-4-6-7/h5,7-8H,3-4,6H2,1-2H3;2,7H,3-6H2,1H3. The first-order valence-corrected chi connectivity index (χ1v) is 6.85. The van der Waals surface area contributed by atoms with Gasteiger partial charge in [-0.25, -0.2) is 0 Å². The monoisotopic (exact) mass is 208 g/mol. The number of hydrogen-bond acceptors (Lipinski definition) is 0. The minimum Gasteiger partial charge on any atom is -0.0625 e. The molecule has 15 heavy (non-hydrogen) atoms. The number of hydrogen-bond donors (Lipinski definition) is 0. The molecule has 0 heteroatoms. The van der Waals surface area contributed by atoms with Crippen LogP contribution in [-0.4, -0.2) is 0 Å². The molecule has 0 heterocycles. The van der Waals surface area contributed by atoms with Gasteiger partial charge in [-0.3, -0.25) is 0 Å². The molecule has 2 aliphatic carbocycles. The Kier molecular flexibility index (Phi) is 6.36. The summed E-state index contributed by atoms with van der Waals surface area (Å²) in [6.45, 7) is 7.01. The van der Waals surface area contributed by atoms with Crippen LogP contribution in [0.1, 0.15) is 65.7 Å². The highest BCUT2D eigenvalue weighted by Gasteiger charge is 2.15. The molecule has 0 amide bonds. The number of rotatable bonds is 0. The molecule has 88 valence electrons. The van der Waals surface area contributed by atoms with Crippen molar-refractivity contribution in [3.63, 3.8) is 0 Å². The van der Waals surface area contributed by atoms with Crippen LogP contribution < -0.4 is 0 Å². The fourth-order valence-electron chi connectivity index (χ4n) is 2.41. The highest BCUT2D eigenvalue weighted by Crippen LogP contribution is 2.27. The zero-order chi connectivity index (χ0) is 11.1. The predicted molar refractivity (Wildman–Crippen MR) is 68.4 cm³/mol. The molecule has 2 saturated carbocycles. The molecule has 0 nitrogen and oxygen atoms in total. The molecule has 0 N–H and O–H groups in total. The lowest BCUT2D eigenvalue weighted by molar-refractivity contribution is 0.344. The molecule has 2 unspecified atom stereocenters. The van der Waals surface area contributed by atoms with E-state index in [1.54, 1.807) is 0 Å². The van der Waals surface area contributed by atoms with Gasteiger partial charge in [-0.2, -0.15) is 0 Å². The van der Waals surface area contributed by atoms with Crippen LogP contribution in [0.3, 0.4) is 0 Å². The summed E-state index contributed by atoms with van der Waals surface area (Å²) in [7, 11) is 0. The summed E-state index contributed by atoms with van der Waals surface area (Å²) in [5.74, 6) is 2.83. The van der Waals surface area contributed by atoms with Gasteiger partial charge in [-0.1, -0.05) is 46.5 Å². The molecule has 2 atom stereocenters. The first-order valence-electron chi connectivity index (χ1n) is 6.85. The van der Waals surface area contributed by atoms with Gasteiger partial charge >= 0.3 is 0 Å². The van der Waals surface area contributed by atoms with Crippen LogP contribution >= 0.6 is 0 Å². The third-order valence-electron chi connectivity index (χ3n) is 4.03. The largest absolute Gasteiger partial charge is 0.0625 e. The van der Waals surface area contributed by atoms with Crippen LogP contribution in [0, 0.1) is 30.6 Å². The maximum absolute atomic E-state index is 2.45. The molecule has 0 aromatic carbocycles. The Balaban J connectivity index is 0.000000151. The van der Waals surface area contributed by atoms with E-state index in [9.17, 15) is 0 Å². The van der Waals surface area contributed by atoms with E-state index in [0.717, 1.165) is 17.8 Å². The minimum atomic E-state index is 0.878. The van der Waals surface area contributed by atoms with Crippen LogP contribution in [0.2, 0.25) is 0 Å². The van der Waals surface area contributed by atoms with Crippen molar-refractivity contribution in [3.05, 3.63) is 12.8 Å². The zero-order valence-corrected chi connectivity index (χ0v) is 10.8. The minimum absolute atomic E-state index is 0.878. The van der Waals surface area contributed by atoms with Gasteiger partial charge in [0, 0.05) is 0 Å². The highest BCUT2D eigenvalue weighted by molar-refractivity contribution is 4.81. The summed E-state index contributed by atoms with van der Waals surface area (Å²) < 4.78 is 0. The Morgan fingerprint density at radius 1 is 0.867 bits per heavy atom. The van der Waals surface area contributed by atoms with E-state index < -0.39 is 0 Å². The Hall–Kier alpha value is 0. The summed E-state index contributed by atoms with van der Waals surface area (Å²) >= 11 is 0. The Morgan fingerprint density at radius 3 is 1.87 bits per heavy atom. The van der Waals surface area contributed by atoms with Crippen LogP contribution in [0.25, 0.3) is 0 Å². The lowest BCUT2D eigenvalue weighted by atomic mass is 9.82. The lowest BCUT2D eigenvalue weighted by Crippen LogP contribution is -2.13. The van der Waals surface area contributed by atoms with Crippen LogP contribution in [0.5, 0.6) is 0 Å². The highest BCUT2D eigenvalue weighted by atomic mass is 14.2. The Bertz CT molecular complexity index is 134. The van der Waals surface area contributed by atoms with E-state index in [2.05, 4.69) is 33.6 Å². The third-order valence-corrected chi connectivity index (χ3v) is 4.03. The summed E-state index contributed by atoms with van der Waals surface area (Å²) in [5, 5.41) is 0. The van der Waals surface area contributed by atoms with Crippen LogP contribution in [-0.2, 0) is 0 Å². The van der Waals surface area contributed by atoms with Gasteiger partial charge in [0.25, 0.3) is 0 Å². The second-order valence-electron chi connectivity index (χ2n) is 5.55. The van der Waals surface area contributed by atoms with Gasteiger partial charge in [-0.05, 0) is 49.9 Å². The van der Waals surface area contributed by atoms with Crippen molar-refractivity contribution < 1.29 is 0 Å². The van der Waals surface area contributed by atoms with E-state index in [-0.39, 0.29) is 0 Å². The molecule has 2 radical (unpaired) electrons. The molecular formula is C15H28. The fraction of sp³-hybridized carbons (Fsp3) is 0.867. The van der Waals surface area contributed by atoms with Gasteiger partial charge in [0.05, 0.1) is 0 Å². The first-order chi connectivity index (χ1) is 7.20. The molecule has 2 rings (SSSR count). The van der Waals surface area contributed by atoms with Gasteiger partial charge in [0.2, 0.25) is 0 Å². The van der Waals surface area contributed by atoms with Crippen molar-refractivity contribution in [2.45, 2.75) is 65.7 Å². The van der Waals surface area contributed by atoms with Gasteiger partial charge in [-0.15, -0.1) is 0 Å². The Labute approximate surface area is 96.8 Å². The SMILES string of the molecule is CC1CC[CH]CC1.CC1[CH]CCCC1C. The molecule has 0 bridgehead atoms. The van der Waals surface area contributed by atoms with E-state index in [1.165, 1.54) is 44.9 Å². The maximum Gasteiger partial charge on any atom is -0.0355 e. The predicted octanol–water partition coefficient (Wildman–Crippen LogP) is 5.05. The van der Waals surface area contributed by atoms with Crippen molar-refractivity contribution in [1.82, 2.24) is 0 Å². The summed E-state index contributed by atoms with van der Waals surface area (Å²) in [4.78, 5) is 0. The molecule has 2 aliphatic rings. The van der Waals surface area contributed by atoms with E-state index >= 15 is 0 Å². The fourth-order valence-corrected chi connectivity index (χ4v) is 2.41. The van der Waals surface area contributed by atoms with Crippen LogP contribution in [0.4, 0.5) is 0 Å². The molecule has 0 saturated heterocycles. The summed E-state index contributed by atoms with van der Waals surface area (Å²) in [6.07, 6.45) is 14.7. The smallest absolute Gasteiger partial charge is 0.0355 e. The summed E-state index contributed by atoms with van der Waals surface area (Å²) in [6, 6.07) is 0. The van der Waals surface area contributed by atoms with Gasteiger partial charge < -0.3 is 0 Å². The Morgan fingerprint density at radius 2 is 1.53 bits per heavy atom. The second kappa shape index (κ2) is 7.30. The molecule has 0 aliphatic heterocycles. The van der Waals surface area contributed by atoms with Crippen molar-refractivity contribution >= 4 is 0 Å². The molecule has 0 aromatic heterocycles. The van der Waals surface area contributed by atoms with E-state index in [1.807, 2.05) is 0 Å². The van der Waals surface area contributed by atoms with Crippen molar-refractivity contribution in [2.75, 3.05) is 0 Å². The maximum atomic E-state index is 2.45. The van der Waals surface area contributed by atoms with Crippen molar-refractivity contribution in [3.8, 4) is 0 Å². The van der Waals surface area contributed by atoms with Crippen LogP contribution in [0.15, 0.2) is 0 Å². The van der Waals surface area contributed by atoms with Crippen molar-refractivity contribution in [2.24, 2.45) is 17.8 Å². The van der Waals surface area contributed by atoms with Gasteiger partial charge in [0.15, 0.2) is 0 Å². The summed E-state index contributed by atoms with van der Waals surface area (Å²) in [5.41, 5.74) is 0. The lowest BCUT2D eigenvalue weighted by Gasteiger charge is -2.24. The van der Waals surface area contributed by atoms with E-state index in [0.29, 0.717) is 0 Å². The van der Waals surface area contributed by atoms with Crippen molar-refractivity contribution in [1.29, 1.82) is 0 Å². The van der Waals surface area contributed by atoms with Gasteiger partial charge in [0.1, 0.15) is 0 Å². The first kappa shape index (κ1) is 13.1.